The van der Waals surface area contributed by atoms with Gasteiger partial charge in [0, 0.05) is 11.9 Å². The highest BCUT2D eigenvalue weighted by Gasteiger charge is 2.13. The molecule has 2 aromatic carbocycles. The SMILES string of the molecule is Cc1cccc(COn2cccc(C(=O)Nc3cccc(C)c3)c2=O)c1. The highest BCUT2D eigenvalue weighted by Crippen LogP contribution is 2.10. The Morgan fingerprint density at radius 2 is 1.73 bits per heavy atom. The molecule has 0 aliphatic carbocycles. The lowest BCUT2D eigenvalue weighted by Crippen LogP contribution is -2.32. The van der Waals surface area contributed by atoms with Gasteiger partial charge in [0.05, 0.1) is 0 Å². The van der Waals surface area contributed by atoms with Crippen molar-refractivity contribution in [3.8, 4) is 0 Å². The van der Waals surface area contributed by atoms with Crippen LogP contribution in [0.15, 0.2) is 71.7 Å². The van der Waals surface area contributed by atoms with Gasteiger partial charge in [-0.1, -0.05) is 42.0 Å². The lowest BCUT2D eigenvalue weighted by atomic mass is 10.1. The van der Waals surface area contributed by atoms with E-state index in [1.54, 1.807) is 12.1 Å². The van der Waals surface area contributed by atoms with Crippen molar-refractivity contribution in [2.75, 3.05) is 5.32 Å². The van der Waals surface area contributed by atoms with Crippen LogP contribution in [0.1, 0.15) is 27.0 Å². The van der Waals surface area contributed by atoms with Crippen LogP contribution in [0.2, 0.25) is 0 Å². The van der Waals surface area contributed by atoms with Gasteiger partial charge in [-0.2, -0.15) is 4.73 Å². The molecule has 0 radical (unpaired) electrons. The van der Waals surface area contributed by atoms with Gasteiger partial charge in [0.2, 0.25) is 0 Å². The average molecular weight is 348 g/mol. The van der Waals surface area contributed by atoms with Gasteiger partial charge in [0.25, 0.3) is 11.5 Å². The van der Waals surface area contributed by atoms with Gasteiger partial charge in [0.1, 0.15) is 12.2 Å². The number of anilines is 1. The van der Waals surface area contributed by atoms with Gasteiger partial charge < -0.3 is 10.2 Å². The molecule has 3 aromatic rings. The molecule has 0 saturated heterocycles. The fraction of sp³-hybridized carbons (Fsp3) is 0.143. The number of hydrogen-bond donors (Lipinski definition) is 1. The lowest BCUT2D eigenvalue weighted by Gasteiger charge is -2.11. The van der Waals surface area contributed by atoms with Crippen LogP contribution in [-0.2, 0) is 6.61 Å². The Hall–Kier alpha value is -3.34. The van der Waals surface area contributed by atoms with Gasteiger partial charge in [-0.25, -0.2) is 0 Å². The number of nitrogens with one attached hydrogen (secondary N) is 1. The maximum atomic E-state index is 12.5. The van der Waals surface area contributed by atoms with Crippen LogP contribution < -0.4 is 15.7 Å². The van der Waals surface area contributed by atoms with Crippen molar-refractivity contribution in [3.05, 3.63) is 99.5 Å². The van der Waals surface area contributed by atoms with E-state index < -0.39 is 11.5 Å². The number of nitrogens with zero attached hydrogens (tertiary/aromatic N) is 1. The van der Waals surface area contributed by atoms with Crippen LogP contribution in [0.3, 0.4) is 0 Å². The highest BCUT2D eigenvalue weighted by molar-refractivity contribution is 6.03. The van der Waals surface area contributed by atoms with Gasteiger partial charge >= 0.3 is 0 Å². The van der Waals surface area contributed by atoms with E-state index in [-0.39, 0.29) is 12.2 Å². The van der Waals surface area contributed by atoms with Gasteiger partial charge in [-0.05, 0) is 49.2 Å². The smallest absolute Gasteiger partial charge is 0.295 e. The summed E-state index contributed by atoms with van der Waals surface area (Å²) in [5.41, 5.74) is 3.26. The first-order valence-corrected chi connectivity index (χ1v) is 8.31. The van der Waals surface area contributed by atoms with Crippen molar-refractivity contribution in [2.24, 2.45) is 0 Å². The number of aryl methyl sites for hydroxylation is 2. The molecule has 132 valence electrons. The third kappa shape index (κ3) is 4.19. The summed E-state index contributed by atoms with van der Waals surface area (Å²) < 4.78 is 1.09. The molecular weight excluding hydrogens is 328 g/mol. The van der Waals surface area contributed by atoms with E-state index in [2.05, 4.69) is 5.32 Å². The van der Waals surface area contributed by atoms with Crippen molar-refractivity contribution in [1.29, 1.82) is 0 Å². The van der Waals surface area contributed by atoms with E-state index in [4.69, 9.17) is 4.84 Å². The molecule has 0 atom stereocenters. The zero-order valence-electron chi connectivity index (χ0n) is 14.7. The number of aromatic nitrogens is 1. The van der Waals surface area contributed by atoms with Gasteiger partial charge in [-0.3, -0.25) is 9.59 Å². The van der Waals surface area contributed by atoms with E-state index in [0.717, 1.165) is 21.4 Å². The normalized spacial score (nSPS) is 10.4. The molecule has 0 aliphatic rings. The average Bonchev–Trinajstić information content (AvgIpc) is 2.61. The van der Waals surface area contributed by atoms with Crippen LogP contribution in [-0.4, -0.2) is 10.6 Å². The Bertz CT molecular complexity index is 992. The molecule has 1 aromatic heterocycles. The number of benzene rings is 2. The molecule has 1 amide bonds. The molecule has 0 saturated carbocycles. The maximum Gasteiger partial charge on any atom is 0.295 e. The van der Waals surface area contributed by atoms with Crippen molar-refractivity contribution in [2.45, 2.75) is 20.5 Å². The second-order valence-electron chi connectivity index (χ2n) is 6.14. The Kier molecular flexibility index (Phi) is 5.17. The second kappa shape index (κ2) is 7.70. The molecule has 1 heterocycles. The summed E-state index contributed by atoms with van der Waals surface area (Å²) in [5, 5.41) is 2.74. The minimum atomic E-state index is -0.495. The molecule has 0 unspecified atom stereocenters. The molecule has 5 nitrogen and oxygen atoms in total. The summed E-state index contributed by atoms with van der Waals surface area (Å²) in [4.78, 5) is 30.5. The second-order valence-corrected chi connectivity index (χ2v) is 6.14. The number of amides is 1. The number of carbonyl (C=O) groups excluding carboxylic acids is 1. The van der Waals surface area contributed by atoms with Crippen molar-refractivity contribution in [1.82, 2.24) is 4.73 Å². The standard InChI is InChI=1S/C21H20N2O3/c1-15-6-3-8-17(12-15)14-26-23-11-5-10-19(21(23)25)20(24)22-18-9-4-7-16(2)13-18/h3-13H,14H2,1-2H3,(H,22,24). The third-order valence-corrected chi connectivity index (χ3v) is 3.89. The van der Waals surface area contributed by atoms with Crippen LogP contribution in [0, 0.1) is 13.8 Å². The van der Waals surface area contributed by atoms with Crippen molar-refractivity contribution < 1.29 is 9.63 Å². The van der Waals surface area contributed by atoms with E-state index in [0.29, 0.717) is 5.69 Å². The summed E-state index contributed by atoms with van der Waals surface area (Å²) in [6, 6.07) is 18.3. The molecule has 0 spiro atoms. The van der Waals surface area contributed by atoms with E-state index in [9.17, 15) is 9.59 Å². The molecule has 26 heavy (non-hydrogen) atoms. The van der Waals surface area contributed by atoms with Crippen molar-refractivity contribution in [3.63, 3.8) is 0 Å². The third-order valence-electron chi connectivity index (χ3n) is 3.89. The number of hydrogen-bond acceptors (Lipinski definition) is 3. The minimum absolute atomic E-state index is 0.0262. The van der Waals surface area contributed by atoms with Crippen LogP contribution in [0.4, 0.5) is 5.69 Å². The maximum absolute atomic E-state index is 12.5. The van der Waals surface area contributed by atoms with E-state index in [1.807, 2.05) is 56.3 Å². The Morgan fingerprint density at radius 1 is 1.00 bits per heavy atom. The zero-order chi connectivity index (χ0) is 18.5. The first-order chi connectivity index (χ1) is 12.5. The summed E-state index contributed by atoms with van der Waals surface area (Å²) in [5.74, 6) is -0.464. The van der Waals surface area contributed by atoms with Crippen molar-refractivity contribution >= 4 is 11.6 Å². The molecule has 1 N–H and O–H groups in total. The van der Waals surface area contributed by atoms with Gasteiger partial charge in [0.15, 0.2) is 0 Å². The molecule has 3 rings (SSSR count). The minimum Gasteiger partial charge on any atom is -0.406 e. The molecule has 0 fully saturated rings. The van der Waals surface area contributed by atoms with E-state index >= 15 is 0 Å². The zero-order valence-corrected chi connectivity index (χ0v) is 14.7. The molecular formula is C21H20N2O3. The lowest BCUT2D eigenvalue weighted by molar-refractivity contribution is 0.0863. The largest absolute Gasteiger partial charge is 0.406 e. The summed E-state index contributed by atoms with van der Waals surface area (Å²) in [7, 11) is 0. The fourth-order valence-electron chi connectivity index (χ4n) is 2.62. The predicted octanol–water partition coefficient (Wildman–Crippen LogP) is 3.35. The predicted molar refractivity (Wildman–Crippen MR) is 101 cm³/mol. The highest BCUT2D eigenvalue weighted by atomic mass is 16.7. The first kappa shape index (κ1) is 17.5. The van der Waals surface area contributed by atoms with Crippen LogP contribution >= 0.6 is 0 Å². The van der Waals surface area contributed by atoms with Crippen LogP contribution in [0.25, 0.3) is 0 Å². The first-order valence-electron chi connectivity index (χ1n) is 8.31. The van der Waals surface area contributed by atoms with Crippen LogP contribution in [0.5, 0.6) is 0 Å². The Morgan fingerprint density at radius 3 is 2.46 bits per heavy atom. The number of pyridine rings is 1. The number of carbonyl (C=O) groups is 1. The van der Waals surface area contributed by atoms with E-state index in [1.165, 1.54) is 12.3 Å². The monoisotopic (exact) mass is 348 g/mol. The Labute approximate surface area is 151 Å². The summed E-state index contributed by atoms with van der Waals surface area (Å²) >= 11 is 0. The summed E-state index contributed by atoms with van der Waals surface area (Å²) in [6.07, 6.45) is 1.50. The number of rotatable bonds is 5. The summed E-state index contributed by atoms with van der Waals surface area (Å²) in [6.45, 7) is 4.17. The quantitative estimate of drug-likeness (QED) is 0.769. The van der Waals surface area contributed by atoms with Gasteiger partial charge in [-0.15, -0.1) is 0 Å². The molecule has 5 heteroatoms. The fourth-order valence-corrected chi connectivity index (χ4v) is 2.62. The molecule has 0 bridgehead atoms. The molecule has 0 aliphatic heterocycles. The topological polar surface area (TPSA) is 60.3 Å². The Balaban J connectivity index is 1.76.